The van der Waals surface area contributed by atoms with Crippen LogP contribution in [0.5, 0.6) is 11.5 Å². The number of thiocarbonyl (C=S) groups is 1. The number of ether oxygens (including phenoxy) is 3. The third kappa shape index (κ3) is 4.07. The highest BCUT2D eigenvalue weighted by Gasteiger charge is 2.02. The summed E-state index contributed by atoms with van der Waals surface area (Å²) in [6.07, 6.45) is 3.58. The fraction of sp³-hybridized carbons (Fsp3) is 0.308. The molecule has 1 rings (SSSR count). The van der Waals surface area contributed by atoms with Crippen molar-refractivity contribution in [2.45, 2.75) is 6.92 Å². The molecule has 1 aromatic rings. The van der Waals surface area contributed by atoms with Crippen molar-refractivity contribution >= 4 is 23.3 Å². The van der Waals surface area contributed by atoms with Crippen LogP contribution in [0, 0.1) is 0 Å². The van der Waals surface area contributed by atoms with Crippen LogP contribution in [0.25, 0.3) is 6.08 Å². The van der Waals surface area contributed by atoms with Crippen molar-refractivity contribution in [3.63, 3.8) is 0 Å². The van der Waals surface area contributed by atoms with E-state index in [1.165, 1.54) is 0 Å². The van der Waals surface area contributed by atoms with Gasteiger partial charge in [0.2, 0.25) is 0 Å². The topological polar surface area (TPSA) is 27.7 Å². The second-order valence-electron chi connectivity index (χ2n) is 3.19. The Labute approximate surface area is 107 Å². The first-order chi connectivity index (χ1) is 8.21. The monoisotopic (exact) mass is 252 g/mol. The van der Waals surface area contributed by atoms with Crippen LogP contribution in [0.3, 0.4) is 0 Å². The van der Waals surface area contributed by atoms with Gasteiger partial charge in [-0.15, -0.1) is 0 Å². The van der Waals surface area contributed by atoms with E-state index in [0.29, 0.717) is 11.7 Å². The van der Waals surface area contributed by atoms with E-state index in [9.17, 15) is 0 Å². The Balaban J connectivity index is 2.91. The van der Waals surface area contributed by atoms with Crippen molar-refractivity contribution in [2.24, 2.45) is 0 Å². The number of hydrogen-bond donors (Lipinski definition) is 0. The maximum Gasteiger partial charge on any atom is 0.183 e. The van der Waals surface area contributed by atoms with Crippen LogP contribution >= 0.6 is 12.2 Å². The summed E-state index contributed by atoms with van der Waals surface area (Å²) < 4.78 is 15.6. The summed E-state index contributed by atoms with van der Waals surface area (Å²) in [5.41, 5.74) is 0.897. The van der Waals surface area contributed by atoms with Crippen molar-refractivity contribution in [1.29, 1.82) is 0 Å². The second kappa shape index (κ2) is 6.91. The van der Waals surface area contributed by atoms with Gasteiger partial charge in [-0.05, 0) is 49.5 Å². The SMILES string of the molecule is CCOC(=S)/C=C/c1cc(OC)ccc1OC. The highest BCUT2D eigenvalue weighted by atomic mass is 32.1. The highest BCUT2D eigenvalue weighted by Crippen LogP contribution is 2.25. The molecule has 0 aromatic heterocycles. The number of benzene rings is 1. The molecule has 0 spiro atoms. The lowest BCUT2D eigenvalue weighted by atomic mass is 10.1. The van der Waals surface area contributed by atoms with E-state index < -0.39 is 0 Å². The molecule has 0 atom stereocenters. The maximum atomic E-state index is 5.25. The first-order valence-corrected chi connectivity index (χ1v) is 5.69. The maximum absolute atomic E-state index is 5.25. The van der Waals surface area contributed by atoms with Gasteiger partial charge in [0, 0.05) is 5.56 Å². The van der Waals surface area contributed by atoms with Crippen molar-refractivity contribution in [3.05, 3.63) is 29.8 Å². The molecule has 3 nitrogen and oxygen atoms in total. The van der Waals surface area contributed by atoms with Gasteiger partial charge >= 0.3 is 0 Å². The molecular formula is C13H16O3S. The fourth-order valence-electron chi connectivity index (χ4n) is 1.32. The minimum absolute atomic E-state index is 0.456. The summed E-state index contributed by atoms with van der Waals surface area (Å²) in [7, 11) is 3.25. The second-order valence-corrected chi connectivity index (χ2v) is 3.60. The average molecular weight is 252 g/mol. The quantitative estimate of drug-likeness (QED) is 0.594. The lowest BCUT2D eigenvalue weighted by Gasteiger charge is -2.07. The molecule has 0 aliphatic carbocycles. The molecule has 4 heteroatoms. The zero-order valence-electron chi connectivity index (χ0n) is 10.2. The van der Waals surface area contributed by atoms with Gasteiger partial charge in [0.1, 0.15) is 11.5 Å². The molecule has 0 heterocycles. The number of hydrogen-bond acceptors (Lipinski definition) is 4. The van der Waals surface area contributed by atoms with Crippen molar-refractivity contribution in [3.8, 4) is 11.5 Å². The van der Waals surface area contributed by atoms with E-state index in [-0.39, 0.29) is 0 Å². The zero-order chi connectivity index (χ0) is 12.7. The van der Waals surface area contributed by atoms with E-state index >= 15 is 0 Å². The van der Waals surface area contributed by atoms with Crippen molar-refractivity contribution < 1.29 is 14.2 Å². The van der Waals surface area contributed by atoms with E-state index in [1.807, 2.05) is 31.2 Å². The Kier molecular flexibility index (Phi) is 5.49. The molecule has 0 N–H and O–H groups in total. The molecule has 92 valence electrons. The largest absolute Gasteiger partial charge is 0.497 e. The third-order valence-corrected chi connectivity index (χ3v) is 2.38. The van der Waals surface area contributed by atoms with E-state index in [2.05, 4.69) is 0 Å². The predicted molar refractivity (Wildman–Crippen MR) is 72.8 cm³/mol. The lowest BCUT2D eigenvalue weighted by molar-refractivity contribution is 0.339. The van der Waals surface area contributed by atoms with Crippen LogP contribution in [0.15, 0.2) is 24.3 Å². The van der Waals surface area contributed by atoms with Gasteiger partial charge in [-0.1, -0.05) is 0 Å². The molecule has 0 radical (unpaired) electrons. The summed E-state index contributed by atoms with van der Waals surface area (Å²) >= 11 is 5.01. The van der Waals surface area contributed by atoms with Crippen LogP contribution in [0.4, 0.5) is 0 Å². The first-order valence-electron chi connectivity index (χ1n) is 5.28. The molecular weight excluding hydrogens is 236 g/mol. The van der Waals surface area contributed by atoms with Gasteiger partial charge in [0.25, 0.3) is 0 Å². The Morgan fingerprint density at radius 3 is 2.65 bits per heavy atom. The average Bonchev–Trinajstić information content (AvgIpc) is 2.36. The molecule has 0 fully saturated rings. The van der Waals surface area contributed by atoms with Gasteiger partial charge < -0.3 is 14.2 Å². The number of rotatable bonds is 5. The molecule has 0 unspecified atom stereocenters. The summed E-state index contributed by atoms with van der Waals surface area (Å²) in [6.45, 7) is 2.46. The molecule has 0 amide bonds. The fourth-order valence-corrected chi connectivity index (χ4v) is 1.50. The highest BCUT2D eigenvalue weighted by molar-refractivity contribution is 7.80. The summed E-state index contributed by atoms with van der Waals surface area (Å²) in [5, 5.41) is 0.456. The molecule has 17 heavy (non-hydrogen) atoms. The summed E-state index contributed by atoms with van der Waals surface area (Å²) in [4.78, 5) is 0. The standard InChI is InChI=1S/C13H16O3S/c1-4-16-13(17)8-5-10-9-11(14-2)6-7-12(10)15-3/h5-9H,4H2,1-3H3/b8-5+. The van der Waals surface area contributed by atoms with Gasteiger partial charge in [0.15, 0.2) is 5.05 Å². The molecule has 1 aromatic carbocycles. The van der Waals surface area contributed by atoms with Crippen LogP contribution in [0.2, 0.25) is 0 Å². The van der Waals surface area contributed by atoms with Crippen molar-refractivity contribution in [1.82, 2.24) is 0 Å². The van der Waals surface area contributed by atoms with E-state index in [0.717, 1.165) is 17.1 Å². The molecule has 0 bridgehead atoms. The molecule has 0 saturated heterocycles. The zero-order valence-corrected chi connectivity index (χ0v) is 11.0. The lowest BCUT2D eigenvalue weighted by Crippen LogP contribution is -1.96. The molecule has 0 saturated carbocycles. The van der Waals surface area contributed by atoms with E-state index in [1.54, 1.807) is 20.3 Å². The molecule has 0 aliphatic rings. The minimum atomic E-state index is 0.456. The van der Waals surface area contributed by atoms with E-state index in [4.69, 9.17) is 26.4 Å². The summed E-state index contributed by atoms with van der Waals surface area (Å²) in [6, 6.07) is 5.57. The molecule has 0 aliphatic heterocycles. The Bertz CT molecular complexity index is 413. The van der Waals surface area contributed by atoms with Crippen LogP contribution < -0.4 is 9.47 Å². The van der Waals surface area contributed by atoms with Gasteiger partial charge in [-0.3, -0.25) is 0 Å². The smallest absolute Gasteiger partial charge is 0.183 e. The van der Waals surface area contributed by atoms with Gasteiger partial charge in [-0.2, -0.15) is 0 Å². The first kappa shape index (κ1) is 13.5. The Morgan fingerprint density at radius 1 is 1.29 bits per heavy atom. The third-order valence-electron chi connectivity index (χ3n) is 2.12. The van der Waals surface area contributed by atoms with Crippen LogP contribution in [-0.2, 0) is 4.74 Å². The van der Waals surface area contributed by atoms with Crippen molar-refractivity contribution in [2.75, 3.05) is 20.8 Å². The Hall–Kier alpha value is -1.55. The van der Waals surface area contributed by atoms with Crippen LogP contribution in [0.1, 0.15) is 12.5 Å². The number of methoxy groups -OCH3 is 2. The Morgan fingerprint density at radius 2 is 2.06 bits per heavy atom. The summed E-state index contributed by atoms with van der Waals surface area (Å²) in [5.74, 6) is 1.54. The minimum Gasteiger partial charge on any atom is -0.497 e. The normalized spacial score (nSPS) is 10.3. The van der Waals surface area contributed by atoms with Crippen LogP contribution in [-0.4, -0.2) is 25.9 Å². The van der Waals surface area contributed by atoms with Gasteiger partial charge in [0.05, 0.1) is 20.8 Å². The van der Waals surface area contributed by atoms with Gasteiger partial charge in [-0.25, -0.2) is 0 Å². The predicted octanol–water partition coefficient (Wildman–Crippen LogP) is 3.08.